The third-order valence-corrected chi connectivity index (χ3v) is 5.04. The van der Waals surface area contributed by atoms with E-state index in [0.717, 1.165) is 41.2 Å². The fourth-order valence-corrected chi connectivity index (χ4v) is 3.30. The van der Waals surface area contributed by atoms with E-state index in [-0.39, 0.29) is 0 Å². The van der Waals surface area contributed by atoms with Gasteiger partial charge in [-0.1, -0.05) is 62.9 Å². The minimum absolute atomic E-state index is 0.464. The Hall–Kier alpha value is -3.14. The van der Waals surface area contributed by atoms with Crippen LogP contribution in [0, 0.1) is 5.41 Å². The van der Waals surface area contributed by atoms with Crippen LogP contribution in [-0.4, -0.2) is 17.2 Å². The first-order valence-electron chi connectivity index (χ1n) is 10.8. The van der Waals surface area contributed by atoms with Crippen LogP contribution in [0.5, 0.6) is 5.75 Å². The molecule has 0 spiro atoms. The third-order valence-electron chi connectivity index (χ3n) is 5.04. The molecule has 3 aromatic rings. The minimum Gasteiger partial charge on any atom is -0.489 e. The van der Waals surface area contributed by atoms with Gasteiger partial charge in [0, 0.05) is 23.9 Å². The molecule has 4 nitrogen and oxygen atoms in total. The van der Waals surface area contributed by atoms with Crippen LogP contribution in [0.2, 0.25) is 0 Å². The highest BCUT2D eigenvalue weighted by Crippen LogP contribution is 2.20. The molecule has 0 atom stereocenters. The summed E-state index contributed by atoms with van der Waals surface area (Å²) in [4.78, 5) is 4.46. The summed E-state index contributed by atoms with van der Waals surface area (Å²) >= 11 is 0. The molecule has 0 amide bonds. The molecular formula is C26H31N3O. The number of unbranched alkanes of at least 4 members (excludes halogenated alkanes) is 4. The zero-order valence-corrected chi connectivity index (χ0v) is 17.7. The van der Waals surface area contributed by atoms with Crippen molar-refractivity contribution in [1.29, 1.82) is 5.41 Å². The molecule has 0 bridgehead atoms. The predicted molar refractivity (Wildman–Crippen MR) is 125 cm³/mol. The molecule has 1 aromatic heterocycles. The zero-order chi connectivity index (χ0) is 21.0. The number of nitrogens with one attached hydrogen (secondary N) is 2. The zero-order valence-electron chi connectivity index (χ0n) is 17.7. The first kappa shape index (κ1) is 21.6. The largest absolute Gasteiger partial charge is 0.489 e. The third kappa shape index (κ3) is 6.45. The number of nitrogens with zero attached hydrogens (tertiary/aromatic N) is 1. The normalized spacial score (nSPS) is 10.6. The van der Waals surface area contributed by atoms with Gasteiger partial charge in [-0.25, -0.2) is 4.98 Å². The SMILES string of the molecule is CCCCCCCNc1ncccc1C(=N)c1ccc(OCc2ccccc2)cc1. The van der Waals surface area contributed by atoms with Crippen LogP contribution < -0.4 is 10.1 Å². The van der Waals surface area contributed by atoms with E-state index in [1.807, 2.05) is 66.7 Å². The van der Waals surface area contributed by atoms with Gasteiger partial charge in [0.1, 0.15) is 18.2 Å². The Kier molecular flexibility index (Phi) is 8.46. The Morgan fingerprint density at radius 2 is 1.67 bits per heavy atom. The maximum Gasteiger partial charge on any atom is 0.135 e. The molecule has 2 N–H and O–H groups in total. The van der Waals surface area contributed by atoms with Gasteiger partial charge < -0.3 is 10.1 Å². The van der Waals surface area contributed by atoms with E-state index in [1.54, 1.807) is 6.20 Å². The summed E-state index contributed by atoms with van der Waals surface area (Å²) < 4.78 is 5.85. The predicted octanol–water partition coefficient (Wildman–Crippen LogP) is 6.46. The van der Waals surface area contributed by atoms with E-state index in [2.05, 4.69) is 17.2 Å². The minimum atomic E-state index is 0.464. The fraction of sp³-hybridized carbons (Fsp3) is 0.308. The lowest BCUT2D eigenvalue weighted by atomic mass is 10.0. The van der Waals surface area contributed by atoms with E-state index in [0.29, 0.717) is 12.3 Å². The van der Waals surface area contributed by atoms with Crippen molar-refractivity contribution in [3.63, 3.8) is 0 Å². The number of aromatic nitrogens is 1. The molecule has 30 heavy (non-hydrogen) atoms. The summed E-state index contributed by atoms with van der Waals surface area (Å²) in [5.41, 5.74) is 3.27. The van der Waals surface area contributed by atoms with Crippen molar-refractivity contribution < 1.29 is 4.74 Å². The standard InChI is InChI=1S/C26H31N3O/c1-2-3-4-5-9-18-28-26-24(13-10-19-29-26)25(27)22-14-16-23(17-15-22)30-20-21-11-7-6-8-12-21/h6-8,10-17,19,27H,2-5,9,18,20H2,1H3,(H,28,29). The number of rotatable bonds is 12. The first-order valence-corrected chi connectivity index (χ1v) is 10.8. The molecule has 0 radical (unpaired) electrons. The summed E-state index contributed by atoms with van der Waals surface area (Å²) in [6.45, 7) is 3.64. The number of benzene rings is 2. The van der Waals surface area contributed by atoms with Crippen LogP contribution in [-0.2, 0) is 6.61 Å². The summed E-state index contributed by atoms with van der Waals surface area (Å²) in [6, 6.07) is 21.7. The second-order valence-corrected chi connectivity index (χ2v) is 7.41. The van der Waals surface area contributed by atoms with Gasteiger partial charge in [0.25, 0.3) is 0 Å². The van der Waals surface area contributed by atoms with Crippen molar-refractivity contribution in [2.24, 2.45) is 0 Å². The molecular weight excluding hydrogens is 370 g/mol. The number of anilines is 1. The highest BCUT2D eigenvalue weighted by molar-refractivity contribution is 6.13. The van der Waals surface area contributed by atoms with Gasteiger partial charge in [-0.05, 0) is 48.4 Å². The summed E-state index contributed by atoms with van der Waals surface area (Å²) in [5, 5.41) is 12.1. The van der Waals surface area contributed by atoms with Gasteiger partial charge in [0.15, 0.2) is 0 Å². The Morgan fingerprint density at radius 3 is 2.43 bits per heavy atom. The lowest BCUT2D eigenvalue weighted by Gasteiger charge is -2.13. The molecule has 0 fully saturated rings. The molecule has 156 valence electrons. The monoisotopic (exact) mass is 401 g/mol. The maximum atomic E-state index is 8.67. The van der Waals surface area contributed by atoms with Crippen molar-refractivity contribution in [3.8, 4) is 5.75 Å². The molecule has 4 heteroatoms. The van der Waals surface area contributed by atoms with Crippen molar-refractivity contribution in [1.82, 2.24) is 4.98 Å². The second kappa shape index (κ2) is 11.8. The molecule has 0 aliphatic rings. The van der Waals surface area contributed by atoms with E-state index in [9.17, 15) is 0 Å². The van der Waals surface area contributed by atoms with Crippen LogP contribution in [0.25, 0.3) is 0 Å². The molecule has 0 aliphatic heterocycles. The van der Waals surface area contributed by atoms with Gasteiger partial charge in [0.2, 0.25) is 0 Å². The van der Waals surface area contributed by atoms with Gasteiger partial charge in [-0.15, -0.1) is 0 Å². The van der Waals surface area contributed by atoms with Crippen LogP contribution in [0.15, 0.2) is 72.9 Å². The van der Waals surface area contributed by atoms with Crippen LogP contribution >= 0.6 is 0 Å². The van der Waals surface area contributed by atoms with Gasteiger partial charge >= 0.3 is 0 Å². The van der Waals surface area contributed by atoms with Gasteiger partial charge in [-0.2, -0.15) is 0 Å². The van der Waals surface area contributed by atoms with Crippen LogP contribution in [0.3, 0.4) is 0 Å². The molecule has 0 unspecified atom stereocenters. The Labute approximate surface area is 179 Å². The fourth-order valence-electron chi connectivity index (χ4n) is 3.30. The maximum absolute atomic E-state index is 8.67. The number of ether oxygens (including phenoxy) is 1. The second-order valence-electron chi connectivity index (χ2n) is 7.41. The molecule has 3 rings (SSSR count). The Balaban J connectivity index is 1.58. The van der Waals surface area contributed by atoms with E-state index in [1.165, 1.54) is 25.7 Å². The van der Waals surface area contributed by atoms with Crippen LogP contribution in [0.4, 0.5) is 5.82 Å². The van der Waals surface area contributed by atoms with E-state index < -0.39 is 0 Å². The van der Waals surface area contributed by atoms with Gasteiger partial charge in [-0.3, -0.25) is 5.41 Å². The molecule has 1 heterocycles. The number of pyridine rings is 1. The van der Waals surface area contributed by atoms with E-state index >= 15 is 0 Å². The van der Waals surface area contributed by atoms with Crippen LogP contribution in [0.1, 0.15) is 55.7 Å². The lowest BCUT2D eigenvalue weighted by molar-refractivity contribution is 0.306. The summed E-state index contributed by atoms with van der Waals surface area (Å²) in [6.07, 6.45) is 7.95. The first-order chi connectivity index (χ1) is 14.8. The number of hydrogen-bond acceptors (Lipinski definition) is 4. The van der Waals surface area contributed by atoms with Crippen molar-refractivity contribution >= 4 is 11.5 Å². The van der Waals surface area contributed by atoms with Gasteiger partial charge in [0.05, 0.1) is 5.71 Å². The number of hydrogen-bond donors (Lipinski definition) is 2. The molecule has 2 aromatic carbocycles. The lowest BCUT2D eigenvalue weighted by Crippen LogP contribution is -2.10. The summed E-state index contributed by atoms with van der Waals surface area (Å²) in [5.74, 6) is 1.58. The van der Waals surface area contributed by atoms with E-state index in [4.69, 9.17) is 10.1 Å². The molecule has 0 saturated heterocycles. The Morgan fingerprint density at radius 1 is 0.900 bits per heavy atom. The van der Waals surface area contributed by atoms with Crippen molar-refractivity contribution in [2.75, 3.05) is 11.9 Å². The smallest absolute Gasteiger partial charge is 0.135 e. The summed E-state index contributed by atoms with van der Waals surface area (Å²) in [7, 11) is 0. The topological polar surface area (TPSA) is 58.0 Å². The highest BCUT2D eigenvalue weighted by atomic mass is 16.5. The highest BCUT2D eigenvalue weighted by Gasteiger charge is 2.11. The van der Waals surface area contributed by atoms with Crippen molar-refractivity contribution in [2.45, 2.75) is 45.6 Å². The average molecular weight is 402 g/mol. The van der Waals surface area contributed by atoms with Crippen molar-refractivity contribution in [3.05, 3.63) is 89.6 Å². The average Bonchev–Trinajstić information content (AvgIpc) is 2.81. The molecule has 0 aliphatic carbocycles. The Bertz CT molecular complexity index is 907. The molecule has 0 saturated carbocycles. The quantitative estimate of drug-likeness (QED) is 0.270.